The number of benzene rings is 1. The fourth-order valence-electron chi connectivity index (χ4n) is 2.57. The van der Waals surface area contributed by atoms with Crippen LogP contribution in [0.5, 0.6) is 0 Å². The van der Waals surface area contributed by atoms with Crippen LogP contribution in [0.2, 0.25) is 5.82 Å². The first kappa shape index (κ1) is 17.3. The maximum Gasteiger partial charge on any atom is 0.298 e. The van der Waals surface area contributed by atoms with Crippen molar-refractivity contribution in [2.45, 2.75) is 44.8 Å². The van der Waals surface area contributed by atoms with Crippen molar-refractivity contribution in [3.8, 4) is 0 Å². The van der Waals surface area contributed by atoms with Gasteiger partial charge in [-0.3, -0.25) is 9.78 Å². The Morgan fingerprint density at radius 3 is 2.30 bits per heavy atom. The second kappa shape index (κ2) is 8.51. The van der Waals surface area contributed by atoms with E-state index in [0.29, 0.717) is 6.42 Å². The highest BCUT2D eigenvalue weighted by molar-refractivity contribution is 6.22. The van der Waals surface area contributed by atoms with Crippen molar-refractivity contribution in [3.63, 3.8) is 0 Å². The fourth-order valence-corrected chi connectivity index (χ4v) is 2.57. The number of aliphatic carboxylic acids is 1. The summed E-state index contributed by atoms with van der Waals surface area (Å²) in [5.74, 6) is -1.08. The van der Waals surface area contributed by atoms with E-state index in [1.807, 2.05) is 18.3 Å². The molecule has 0 aliphatic heterocycles. The minimum Gasteiger partial charge on any atom is -0.482 e. The van der Waals surface area contributed by atoms with Crippen LogP contribution in [0.25, 0.3) is 0 Å². The summed E-state index contributed by atoms with van der Waals surface area (Å²) in [6, 6.07) is 12.6. The van der Waals surface area contributed by atoms with Crippen LogP contribution in [-0.2, 0) is 30.5 Å². The van der Waals surface area contributed by atoms with E-state index in [1.165, 1.54) is 11.1 Å². The lowest BCUT2D eigenvalue weighted by molar-refractivity contribution is -0.136. The number of carboxylic acids is 1. The molecule has 1 atom stereocenters. The predicted octanol–water partition coefficient (Wildman–Crippen LogP) is 2.87. The first-order valence-corrected chi connectivity index (χ1v) is 8.33. The van der Waals surface area contributed by atoms with Crippen molar-refractivity contribution in [1.29, 1.82) is 0 Å². The van der Waals surface area contributed by atoms with E-state index in [0.717, 1.165) is 36.9 Å². The Morgan fingerprint density at radius 1 is 1.09 bits per heavy atom. The van der Waals surface area contributed by atoms with Gasteiger partial charge in [-0.1, -0.05) is 37.3 Å². The van der Waals surface area contributed by atoms with Gasteiger partial charge in [0.25, 0.3) is 5.97 Å². The zero-order chi connectivity index (χ0) is 16.7. The molecule has 2 rings (SSSR count). The molecule has 0 saturated heterocycles. The molecule has 23 heavy (non-hydrogen) atoms. The Kier molecular flexibility index (Phi) is 6.39. The van der Waals surface area contributed by atoms with Gasteiger partial charge in [-0.15, -0.1) is 0 Å². The van der Waals surface area contributed by atoms with Crippen molar-refractivity contribution in [2.24, 2.45) is 0 Å². The lowest BCUT2D eigenvalue weighted by atomic mass is 9.82. The van der Waals surface area contributed by atoms with E-state index >= 15 is 0 Å². The maximum atomic E-state index is 10.9. The van der Waals surface area contributed by atoms with E-state index in [2.05, 4.69) is 36.2 Å². The molecule has 0 radical (unpaired) electrons. The Balaban J connectivity index is 1.80. The van der Waals surface area contributed by atoms with Crippen LogP contribution in [-0.4, -0.2) is 23.9 Å². The molecule has 1 N–H and O–H groups in total. The van der Waals surface area contributed by atoms with Gasteiger partial charge in [-0.05, 0) is 54.9 Å². The largest absolute Gasteiger partial charge is 0.482 e. The molecule has 0 aliphatic rings. The monoisotopic (exact) mass is 309 g/mol. The van der Waals surface area contributed by atoms with E-state index in [-0.39, 0.29) is 5.82 Å². The molecular weight excluding hydrogens is 285 g/mol. The minimum atomic E-state index is -0.740. The number of carboxylic acid groups (broad SMARTS) is 1. The Labute approximate surface area is 139 Å². The molecule has 0 saturated carbocycles. The quantitative estimate of drug-likeness (QED) is 0.763. The van der Waals surface area contributed by atoms with Crippen molar-refractivity contribution in [2.75, 3.05) is 0 Å². The lowest BCUT2D eigenvalue weighted by Gasteiger charge is -2.07. The normalized spacial score (nSPS) is 12.0. The number of aryl methyl sites for hydroxylation is 3. The highest BCUT2D eigenvalue weighted by Gasteiger charge is 2.11. The highest BCUT2D eigenvalue weighted by Crippen LogP contribution is 2.14. The summed E-state index contributed by atoms with van der Waals surface area (Å²) >= 11 is 0. The number of aromatic nitrogens is 1. The van der Waals surface area contributed by atoms with Gasteiger partial charge in [0.1, 0.15) is 7.85 Å². The van der Waals surface area contributed by atoms with Gasteiger partial charge in [0.2, 0.25) is 0 Å². The number of hydrogen-bond donors (Lipinski definition) is 1. The molecule has 120 valence electrons. The third-order valence-electron chi connectivity index (χ3n) is 4.18. The Hall–Kier alpha value is -2.10. The molecule has 1 unspecified atom stereocenters. The molecular formula is C19H24BNO2. The molecule has 1 aromatic carbocycles. The molecule has 0 amide bonds. The molecule has 3 nitrogen and oxygen atoms in total. The van der Waals surface area contributed by atoms with Crippen LogP contribution in [0.1, 0.15) is 35.7 Å². The first-order valence-electron chi connectivity index (χ1n) is 8.33. The molecule has 1 aromatic heterocycles. The van der Waals surface area contributed by atoms with E-state index in [1.54, 1.807) is 7.85 Å². The maximum absolute atomic E-state index is 10.9. The highest BCUT2D eigenvalue weighted by atomic mass is 16.4. The predicted molar refractivity (Wildman–Crippen MR) is 95.7 cm³/mol. The number of pyridine rings is 1. The van der Waals surface area contributed by atoms with Crippen molar-refractivity contribution >= 4 is 13.8 Å². The molecule has 4 heteroatoms. The number of rotatable bonds is 8. The lowest BCUT2D eigenvalue weighted by Crippen LogP contribution is -2.09. The van der Waals surface area contributed by atoms with Gasteiger partial charge in [-0.2, -0.15) is 0 Å². The zero-order valence-electron chi connectivity index (χ0n) is 14.0. The summed E-state index contributed by atoms with van der Waals surface area (Å²) in [6.07, 6.45) is 6.66. The van der Waals surface area contributed by atoms with Crippen molar-refractivity contribution in [1.82, 2.24) is 4.98 Å². The van der Waals surface area contributed by atoms with Crippen molar-refractivity contribution in [3.05, 3.63) is 65.0 Å². The van der Waals surface area contributed by atoms with Gasteiger partial charge in [-0.25, -0.2) is 0 Å². The third kappa shape index (κ3) is 5.55. The van der Waals surface area contributed by atoms with Crippen LogP contribution in [0.3, 0.4) is 0 Å². The molecule has 0 bridgehead atoms. The van der Waals surface area contributed by atoms with Gasteiger partial charge < -0.3 is 5.11 Å². The standard InChI is InChI=1S/C19H24BNO2/c1-2-14-10-11-17(21-13-14)5-3-4-15-6-8-16(9-7-15)12-18(20)19(22)23/h6-11,13,18H,2-5,12,20H2,1H3,(H,22,23). The van der Waals surface area contributed by atoms with Crippen LogP contribution in [0.15, 0.2) is 42.6 Å². The number of hydrogen-bond acceptors (Lipinski definition) is 2. The molecule has 0 fully saturated rings. The van der Waals surface area contributed by atoms with Crippen LogP contribution in [0.4, 0.5) is 0 Å². The van der Waals surface area contributed by atoms with Gasteiger partial charge in [0, 0.05) is 17.7 Å². The summed E-state index contributed by atoms with van der Waals surface area (Å²) < 4.78 is 0. The van der Waals surface area contributed by atoms with Crippen molar-refractivity contribution < 1.29 is 9.90 Å². The SMILES string of the molecule is BC(Cc1ccc(CCCc2ccc(CC)cn2)cc1)C(=O)O. The Morgan fingerprint density at radius 2 is 1.74 bits per heavy atom. The van der Waals surface area contributed by atoms with E-state index < -0.39 is 5.97 Å². The minimum absolute atomic E-state index is 0.335. The summed E-state index contributed by atoms with van der Waals surface area (Å²) in [7, 11) is 1.74. The summed E-state index contributed by atoms with van der Waals surface area (Å²) in [4.78, 5) is 15.4. The molecule has 0 aliphatic carbocycles. The van der Waals surface area contributed by atoms with E-state index in [4.69, 9.17) is 5.11 Å². The zero-order valence-corrected chi connectivity index (χ0v) is 14.0. The average Bonchev–Trinajstić information content (AvgIpc) is 2.57. The molecule has 0 spiro atoms. The number of nitrogens with zero attached hydrogens (tertiary/aromatic N) is 1. The summed E-state index contributed by atoms with van der Waals surface area (Å²) in [5, 5.41) is 8.95. The van der Waals surface area contributed by atoms with Crippen LogP contribution >= 0.6 is 0 Å². The van der Waals surface area contributed by atoms with E-state index in [9.17, 15) is 4.79 Å². The summed E-state index contributed by atoms with van der Waals surface area (Å²) in [6.45, 7) is 2.14. The second-order valence-electron chi connectivity index (χ2n) is 6.12. The number of carbonyl (C=O) groups is 1. The topological polar surface area (TPSA) is 50.2 Å². The molecule has 2 aromatic rings. The van der Waals surface area contributed by atoms with Crippen LogP contribution < -0.4 is 0 Å². The second-order valence-corrected chi connectivity index (χ2v) is 6.12. The van der Waals surface area contributed by atoms with Crippen LogP contribution in [0, 0.1) is 0 Å². The van der Waals surface area contributed by atoms with Gasteiger partial charge >= 0.3 is 0 Å². The first-order chi connectivity index (χ1) is 11.1. The third-order valence-corrected chi connectivity index (χ3v) is 4.18. The fraction of sp³-hybridized carbons (Fsp3) is 0.368. The smallest absolute Gasteiger partial charge is 0.298 e. The molecule has 1 heterocycles. The average molecular weight is 309 g/mol. The van der Waals surface area contributed by atoms with Gasteiger partial charge in [0.05, 0.1) is 0 Å². The Bertz CT molecular complexity index is 623. The summed E-state index contributed by atoms with van der Waals surface area (Å²) in [5.41, 5.74) is 4.80. The van der Waals surface area contributed by atoms with Gasteiger partial charge in [0.15, 0.2) is 0 Å².